The van der Waals surface area contributed by atoms with E-state index in [-0.39, 0.29) is 4.90 Å². The molecule has 2 aromatic carbocycles. The predicted octanol–water partition coefficient (Wildman–Crippen LogP) is 6.05. The maximum absolute atomic E-state index is 13.2. The molecular weight excluding hydrogens is 526 g/mol. The van der Waals surface area contributed by atoms with E-state index < -0.39 is 26.8 Å². The zero-order valence-corrected chi connectivity index (χ0v) is 23.6. The highest BCUT2D eigenvalue weighted by atomic mass is 32.2. The number of piperidine rings is 1. The fourth-order valence-electron chi connectivity index (χ4n) is 4.65. The maximum atomic E-state index is 13.2. The molecule has 9 nitrogen and oxygen atoms in total. The van der Waals surface area contributed by atoms with E-state index in [0.717, 1.165) is 22.0 Å². The highest BCUT2D eigenvalue weighted by Crippen LogP contribution is 2.27. The highest BCUT2D eigenvalue weighted by molar-refractivity contribution is 7.92. The third-order valence-corrected chi connectivity index (χ3v) is 9.01. The van der Waals surface area contributed by atoms with Crippen LogP contribution in [-0.2, 0) is 14.6 Å². The van der Waals surface area contributed by atoms with Crippen molar-refractivity contribution < 1.29 is 17.9 Å². The summed E-state index contributed by atoms with van der Waals surface area (Å²) in [5, 5.41) is 3.72. The number of fused-ring (bicyclic) bond motifs is 1. The third kappa shape index (κ3) is 6.34. The zero-order chi connectivity index (χ0) is 28.3. The van der Waals surface area contributed by atoms with E-state index in [1.165, 1.54) is 0 Å². The Morgan fingerprint density at radius 2 is 1.73 bits per heavy atom. The summed E-state index contributed by atoms with van der Waals surface area (Å²) in [6.07, 6.45) is 9.71. The molecule has 3 heterocycles. The lowest BCUT2D eigenvalue weighted by molar-refractivity contribution is 0.0217. The lowest BCUT2D eigenvalue weighted by Gasteiger charge is -2.33. The van der Waals surface area contributed by atoms with Crippen molar-refractivity contribution in [2.45, 2.75) is 49.4 Å². The van der Waals surface area contributed by atoms with Gasteiger partial charge in [0.05, 0.1) is 10.1 Å². The molecule has 2 N–H and O–H groups in total. The molecule has 0 saturated carbocycles. The first-order valence-electron chi connectivity index (χ1n) is 13.2. The van der Waals surface area contributed by atoms with Gasteiger partial charge in [0.25, 0.3) is 0 Å². The van der Waals surface area contributed by atoms with Gasteiger partial charge in [-0.15, -0.1) is 0 Å². The lowest BCUT2D eigenvalue weighted by Crippen LogP contribution is -2.44. The number of aromatic amines is 1. The quantitative estimate of drug-likeness (QED) is 0.295. The number of anilines is 2. The Balaban J connectivity index is 1.18. The summed E-state index contributed by atoms with van der Waals surface area (Å²) in [5.74, 6) is 0.412. The number of nitrogens with zero attached hydrogens (tertiary/aromatic N) is 3. The van der Waals surface area contributed by atoms with Crippen molar-refractivity contribution in [3.05, 3.63) is 78.2 Å². The van der Waals surface area contributed by atoms with E-state index in [0.29, 0.717) is 37.6 Å². The van der Waals surface area contributed by atoms with Crippen molar-refractivity contribution in [3.63, 3.8) is 0 Å². The molecule has 0 unspecified atom stereocenters. The molecular formula is C30H33N5O4S. The summed E-state index contributed by atoms with van der Waals surface area (Å²) in [4.78, 5) is 26.1. The number of hydrogen-bond donors (Lipinski definition) is 2. The molecule has 0 aliphatic carbocycles. The number of nitrogens with one attached hydrogen (secondary N) is 2. The summed E-state index contributed by atoms with van der Waals surface area (Å²) < 4.78 is 31.9. The van der Waals surface area contributed by atoms with Crippen molar-refractivity contribution in [1.29, 1.82) is 0 Å². The van der Waals surface area contributed by atoms with E-state index in [1.54, 1.807) is 41.6 Å². The fourth-order valence-corrected chi connectivity index (χ4v) is 6.39. The minimum Gasteiger partial charge on any atom is -0.444 e. The Hall–Kier alpha value is -4.18. The first kappa shape index (κ1) is 27.4. The topological polar surface area (TPSA) is 117 Å². The normalized spacial score (nSPS) is 15.0. The zero-order valence-electron chi connectivity index (χ0n) is 22.8. The first-order chi connectivity index (χ1) is 19.1. The Kier molecular flexibility index (Phi) is 7.62. The molecule has 0 bridgehead atoms. The Labute approximate surface area is 234 Å². The number of benzene rings is 2. The molecule has 4 aromatic rings. The molecule has 1 saturated heterocycles. The van der Waals surface area contributed by atoms with Crippen LogP contribution in [0.5, 0.6) is 0 Å². The number of sulfone groups is 1. The SMILES string of the molecule is CC(C)(C)OC(=O)N1CCC(S(=O)(=O)c2ccc(Nc3ncc(/C=C/c4cccc5[nH]ccc45)cn3)cc2)CC1. The Morgan fingerprint density at radius 1 is 1.02 bits per heavy atom. The minimum absolute atomic E-state index is 0.257. The predicted molar refractivity (Wildman–Crippen MR) is 157 cm³/mol. The van der Waals surface area contributed by atoms with Crippen LogP contribution in [0.4, 0.5) is 16.4 Å². The Bertz CT molecular complexity index is 1610. The molecule has 208 valence electrons. The number of rotatable bonds is 6. The van der Waals surface area contributed by atoms with E-state index in [4.69, 9.17) is 4.74 Å². The van der Waals surface area contributed by atoms with Crippen LogP contribution in [0.25, 0.3) is 23.1 Å². The van der Waals surface area contributed by atoms with Gasteiger partial charge in [-0.2, -0.15) is 0 Å². The van der Waals surface area contributed by atoms with E-state index in [9.17, 15) is 13.2 Å². The van der Waals surface area contributed by atoms with Crippen LogP contribution in [0.1, 0.15) is 44.7 Å². The van der Waals surface area contributed by atoms with Crippen LogP contribution in [0.15, 0.2) is 72.0 Å². The van der Waals surface area contributed by atoms with Crippen molar-refractivity contribution in [2.75, 3.05) is 18.4 Å². The molecule has 5 rings (SSSR count). The van der Waals surface area contributed by atoms with Crippen LogP contribution in [0.2, 0.25) is 0 Å². The molecule has 10 heteroatoms. The summed E-state index contributed by atoms with van der Waals surface area (Å²) in [7, 11) is -3.53. The summed E-state index contributed by atoms with van der Waals surface area (Å²) in [6.45, 7) is 6.14. The van der Waals surface area contributed by atoms with Crippen LogP contribution in [0.3, 0.4) is 0 Å². The Morgan fingerprint density at radius 3 is 2.40 bits per heavy atom. The van der Waals surface area contributed by atoms with Crippen LogP contribution in [-0.4, -0.2) is 58.3 Å². The lowest BCUT2D eigenvalue weighted by atomic mass is 10.1. The molecule has 1 aliphatic heterocycles. The maximum Gasteiger partial charge on any atom is 0.410 e. The summed E-state index contributed by atoms with van der Waals surface area (Å²) >= 11 is 0. The number of carbonyl (C=O) groups excluding carboxylic acids is 1. The van der Waals surface area contributed by atoms with E-state index in [1.807, 2.05) is 57.3 Å². The van der Waals surface area contributed by atoms with Crippen LogP contribution >= 0.6 is 0 Å². The monoisotopic (exact) mass is 559 g/mol. The number of H-pyrrole nitrogens is 1. The molecule has 0 spiro atoms. The van der Waals surface area contributed by atoms with Gasteiger partial charge in [-0.3, -0.25) is 0 Å². The number of carbonyl (C=O) groups is 1. The van der Waals surface area contributed by atoms with Crippen molar-refractivity contribution >= 4 is 50.6 Å². The van der Waals surface area contributed by atoms with Crippen molar-refractivity contribution in [1.82, 2.24) is 19.9 Å². The van der Waals surface area contributed by atoms with Gasteiger partial charge < -0.3 is 19.9 Å². The van der Waals surface area contributed by atoms with Gasteiger partial charge in [0.2, 0.25) is 5.95 Å². The second-order valence-electron chi connectivity index (χ2n) is 10.8. The molecule has 1 amide bonds. The number of ether oxygens (including phenoxy) is 1. The van der Waals surface area contributed by atoms with Gasteiger partial charge >= 0.3 is 6.09 Å². The molecule has 40 heavy (non-hydrogen) atoms. The second-order valence-corrected chi connectivity index (χ2v) is 13.0. The first-order valence-corrected chi connectivity index (χ1v) is 14.8. The van der Waals surface area contributed by atoms with Gasteiger partial charge in [0.1, 0.15) is 5.60 Å². The molecule has 0 atom stereocenters. The van der Waals surface area contributed by atoms with E-state index >= 15 is 0 Å². The number of aromatic nitrogens is 3. The fraction of sp³-hybridized carbons (Fsp3) is 0.300. The standard InChI is InChI=1S/C30H33N5O4S/c1-30(2,3)39-29(36)35-17-14-25(15-18-35)40(37,38)24-11-9-23(10-12-24)34-28-32-19-21(20-33-28)7-8-22-5-4-6-27-26(22)13-16-31-27/h4-13,16,19-20,25,31H,14-15,17-18H2,1-3H3,(H,32,33,34)/b8-7+. The van der Waals surface area contributed by atoms with Gasteiger partial charge in [-0.05, 0) is 75.6 Å². The third-order valence-electron chi connectivity index (χ3n) is 6.73. The molecule has 1 fully saturated rings. The van der Waals surface area contributed by atoms with Gasteiger partial charge in [0, 0.05) is 53.8 Å². The number of amides is 1. The van der Waals surface area contributed by atoms with Crippen molar-refractivity contribution in [2.24, 2.45) is 0 Å². The number of hydrogen-bond acceptors (Lipinski definition) is 7. The average Bonchev–Trinajstić information content (AvgIpc) is 3.42. The minimum atomic E-state index is -3.53. The van der Waals surface area contributed by atoms with Crippen LogP contribution < -0.4 is 5.32 Å². The largest absolute Gasteiger partial charge is 0.444 e. The number of likely N-dealkylation sites (tertiary alicyclic amines) is 1. The highest BCUT2D eigenvalue weighted by Gasteiger charge is 2.34. The molecule has 1 aliphatic rings. The molecule has 2 aromatic heterocycles. The summed E-state index contributed by atoms with van der Waals surface area (Å²) in [6, 6.07) is 14.7. The smallest absolute Gasteiger partial charge is 0.410 e. The van der Waals surface area contributed by atoms with Crippen LogP contribution in [0, 0.1) is 0 Å². The van der Waals surface area contributed by atoms with E-state index in [2.05, 4.69) is 26.3 Å². The van der Waals surface area contributed by atoms with Crippen molar-refractivity contribution in [3.8, 4) is 0 Å². The van der Waals surface area contributed by atoms with Gasteiger partial charge in [-0.1, -0.05) is 24.3 Å². The summed E-state index contributed by atoms with van der Waals surface area (Å²) in [5.41, 5.74) is 3.14. The second kappa shape index (κ2) is 11.1. The molecule has 0 radical (unpaired) electrons. The average molecular weight is 560 g/mol. The van der Waals surface area contributed by atoms with Gasteiger partial charge in [-0.25, -0.2) is 23.2 Å². The van der Waals surface area contributed by atoms with Gasteiger partial charge in [0.15, 0.2) is 9.84 Å².